The Bertz CT molecular complexity index is 949. The van der Waals surface area contributed by atoms with Gasteiger partial charge in [-0.1, -0.05) is 80.9 Å². The van der Waals surface area contributed by atoms with Gasteiger partial charge in [-0.3, -0.25) is 0 Å². The van der Waals surface area contributed by atoms with Gasteiger partial charge in [-0.2, -0.15) is 21.6 Å². The van der Waals surface area contributed by atoms with Gasteiger partial charge in [0.15, 0.2) is 0 Å². The Hall–Kier alpha value is -1.16. The van der Waals surface area contributed by atoms with Crippen molar-refractivity contribution in [2.75, 3.05) is 11.5 Å². The molecule has 1 unspecified atom stereocenters. The molecule has 0 saturated heterocycles. The lowest BCUT2D eigenvalue weighted by atomic mass is 10.2. The van der Waals surface area contributed by atoms with E-state index in [1.807, 2.05) is 19.1 Å². The second-order valence-electron chi connectivity index (χ2n) is 8.10. The zero-order valence-electron chi connectivity index (χ0n) is 19.9. The fourth-order valence-corrected chi connectivity index (χ4v) is 9.39. The molecule has 1 atom stereocenters. The number of alkyl halides is 3. The number of hydrogen-bond donors (Lipinski definition) is 0. The Balaban J connectivity index is 2.43. The minimum atomic E-state index is -5.80. The van der Waals surface area contributed by atoms with Crippen molar-refractivity contribution in [2.45, 2.75) is 85.4 Å². The summed E-state index contributed by atoms with van der Waals surface area (Å²) in [6.07, 6.45) is 7.88. The van der Waals surface area contributed by atoms with Crippen molar-refractivity contribution in [3.63, 3.8) is 0 Å². The number of thioether (sulfide) groups is 1. The molecule has 0 heterocycles. The standard InChI is InChI=1S/C25H35F3O3S3/c1-3-5-7-12-20-32-22-16-18-24(19-17-22)33(21-13-8-6-4-2,23-14-10-9-11-15-23)31-34(29,30)25(26,27)28/h9-11,14-19H,3-8,12-13,20-21H2,1-2H3. The molecule has 3 nitrogen and oxygen atoms in total. The predicted molar refractivity (Wildman–Crippen MR) is 137 cm³/mol. The fourth-order valence-electron chi connectivity index (χ4n) is 3.52. The smallest absolute Gasteiger partial charge is 0.204 e. The lowest BCUT2D eigenvalue weighted by Crippen LogP contribution is -2.28. The SMILES string of the molecule is CCCCCCSc1ccc(S(CCCCCC)(OS(=O)(=O)C(F)(F)F)c2ccccc2)cc1. The number of hydrogen-bond acceptors (Lipinski definition) is 4. The van der Waals surface area contributed by atoms with Crippen molar-refractivity contribution in [3.8, 4) is 0 Å². The summed E-state index contributed by atoms with van der Waals surface area (Å²) < 4.78 is 70.0. The molecule has 192 valence electrons. The van der Waals surface area contributed by atoms with Crippen LogP contribution < -0.4 is 0 Å². The molecular weight excluding hydrogens is 501 g/mol. The number of rotatable bonds is 15. The molecule has 0 bridgehead atoms. The molecule has 0 N–H and O–H groups in total. The monoisotopic (exact) mass is 536 g/mol. The molecule has 0 spiro atoms. The van der Waals surface area contributed by atoms with Crippen LogP contribution >= 0.6 is 22.1 Å². The Kier molecular flexibility index (Phi) is 11.8. The normalized spacial score (nSPS) is 15.1. The van der Waals surface area contributed by atoms with Gasteiger partial charge in [0.25, 0.3) is 0 Å². The first-order chi connectivity index (χ1) is 16.2. The zero-order valence-corrected chi connectivity index (χ0v) is 22.3. The molecule has 0 saturated carbocycles. The van der Waals surface area contributed by atoms with E-state index in [2.05, 4.69) is 6.92 Å². The number of unbranched alkanes of at least 4 members (excludes halogenated alkanes) is 6. The Labute approximate surface area is 208 Å². The summed E-state index contributed by atoms with van der Waals surface area (Å²) in [7, 11) is -8.74. The molecule has 0 aliphatic carbocycles. The highest BCUT2D eigenvalue weighted by Crippen LogP contribution is 2.65. The maximum Gasteiger partial charge on any atom is 0.523 e. The van der Waals surface area contributed by atoms with Gasteiger partial charge in [0.05, 0.1) is 0 Å². The highest BCUT2D eigenvalue weighted by atomic mass is 32.3. The Morgan fingerprint density at radius 3 is 1.88 bits per heavy atom. The third kappa shape index (κ3) is 8.21. The van der Waals surface area contributed by atoms with E-state index in [1.165, 1.54) is 19.3 Å². The van der Waals surface area contributed by atoms with Gasteiger partial charge in [-0.15, -0.1) is 11.8 Å². The van der Waals surface area contributed by atoms with Crippen LogP contribution in [0.25, 0.3) is 0 Å². The zero-order chi connectivity index (χ0) is 25.1. The summed E-state index contributed by atoms with van der Waals surface area (Å²) in [5, 5.41) is 0. The molecule has 0 aromatic heterocycles. The second kappa shape index (κ2) is 13.8. The van der Waals surface area contributed by atoms with Crippen LogP contribution in [0.15, 0.2) is 69.3 Å². The van der Waals surface area contributed by atoms with Gasteiger partial charge in [0.2, 0.25) is 0 Å². The van der Waals surface area contributed by atoms with E-state index in [0.717, 1.165) is 36.3 Å². The van der Waals surface area contributed by atoms with Crippen LogP contribution in [0.1, 0.15) is 65.2 Å². The van der Waals surface area contributed by atoms with E-state index in [1.54, 1.807) is 54.2 Å². The molecule has 2 rings (SSSR count). The van der Waals surface area contributed by atoms with Crippen LogP contribution in [0.3, 0.4) is 0 Å². The lowest BCUT2D eigenvalue weighted by molar-refractivity contribution is -0.0496. The van der Waals surface area contributed by atoms with E-state index >= 15 is 0 Å². The summed E-state index contributed by atoms with van der Waals surface area (Å²) in [5.41, 5.74) is -5.49. The molecule has 0 amide bonds. The maximum absolute atomic E-state index is 13.4. The van der Waals surface area contributed by atoms with Gasteiger partial charge >= 0.3 is 15.6 Å². The van der Waals surface area contributed by atoms with Gasteiger partial charge in [-0.25, -0.2) is 3.63 Å². The maximum atomic E-state index is 13.4. The van der Waals surface area contributed by atoms with E-state index in [-0.39, 0.29) is 5.75 Å². The largest absolute Gasteiger partial charge is 0.523 e. The quantitative estimate of drug-likeness (QED) is 0.129. The van der Waals surface area contributed by atoms with Crippen molar-refractivity contribution in [2.24, 2.45) is 0 Å². The first kappa shape index (κ1) is 29.1. The fraction of sp³-hybridized carbons (Fsp3) is 0.520. The third-order valence-corrected chi connectivity index (χ3v) is 11.6. The van der Waals surface area contributed by atoms with Crippen molar-refractivity contribution < 1.29 is 25.2 Å². The first-order valence-electron chi connectivity index (χ1n) is 11.8. The van der Waals surface area contributed by atoms with E-state index in [0.29, 0.717) is 16.2 Å². The summed E-state index contributed by atoms with van der Waals surface area (Å²) in [4.78, 5) is 1.96. The number of benzene rings is 2. The molecule has 0 aliphatic heterocycles. The highest BCUT2D eigenvalue weighted by molar-refractivity contribution is 8.33. The van der Waals surface area contributed by atoms with Crippen molar-refractivity contribution in [3.05, 3.63) is 54.6 Å². The average Bonchev–Trinajstić information content (AvgIpc) is 2.81. The van der Waals surface area contributed by atoms with E-state index in [4.69, 9.17) is 3.63 Å². The topological polar surface area (TPSA) is 43.4 Å². The molecule has 0 aliphatic rings. The predicted octanol–water partition coefficient (Wildman–Crippen LogP) is 8.94. The molecular formula is C25H35F3O3S3. The van der Waals surface area contributed by atoms with Gasteiger partial charge in [-0.05, 0) is 55.0 Å². The van der Waals surface area contributed by atoms with Crippen LogP contribution in [0.2, 0.25) is 0 Å². The van der Waals surface area contributed by atoms with Crippen molar-refractivity contribution in [1.82, 2.24) is 0 Å². The van der Waals surface area contributed by atoms with Crippen LogP contribution in [0, 0.1) is 0 Å². The summed E-state index contributed by atoms with van der Waals surface area (Å²) >= 11 is 1.70. The molecule has 9 heteroatoms. The second-order valence-corrected chi connectivity index (χ2v) is 13.9. The van der Waals surface area contributed by atoms with Gasteiger partial charge < -0.3 is 0 Å². The van der Waals surface area contributed by atoms with Crippen LogP contribution in [0.4, 0.5) is 13.2 Å². The summed E-state index contributed by atoms with van der Waals surface area (Å²) in [5.74, 6) is 1.17. The molecule has 2 aromatic rings. The van der Waals surface area contributed by atoms with Gasteiger partial charge in [0.1, 0.15) is 0 Å². The number of halogens is 3. The van der Waals surface area contributed by atoms with Crippen molar-refractivity contribution >= 4 is 32.2 Å². The average molecular weight is 537 g/mol. The van der Waals surface area contributed by atoms with Gasteiger partial charge in [0, 0.05) is 20.4 Å². The summed E-state index contributed by atoms with van der Waals surface area (Å²) in [6, 6.07) is 15.7. The van der Waals surface area contributed by atoms with E-state index < -0.39 is 25.9 Å². The minimum absolute atomic E-state index is 0.204. The van der Waals surface area contributed by atoms with Crippen molar-refractivity contribution in [1.29, 1.82) is 0 Å². The third-order valence-electron chi connectivity index (χ3n) is 5.37. The molecule has 2 aromatic carbocycles. The van der Waals surface area contributed by atoms with E-state index in [9.17, 15) is 21.6 Å². The van der Waals surface area contributed by atoms with Crippen LogP contribution in [-0.2, 0) is 13.7 Å². The molecule has 0 fully saturated rings. The Morgan fingerprint density at radius 2 is 1.32 bits per heavy atom. The first-order valence-corrected chi connectivity index (χ1v) is 15.9. The minimum Gasteiger partial charge on any atom is -0.204 e. The summed E-state index contributed by atoms with van der Waals surface area (Å²) in [6.45, 7) is 4.21. The molecule has 0 radical (unpaired) electrons. The van der Waals surface area contributed by atoms with Crippen LogP contribution in [0.5, 0.6) is 0 Å². The molecule has 34 heavy (non-hydrogen) atoms. The van der Waals surface area contributed by atoms with Crippen LogP contribution in [-0.4, -0.2) is 25.4 Å². The highest BCUT2D eigenvalue weighted by Gasteiger charge is 2.51. The Morgan fingerprint density at radius 1 is 0.765 bits per heavy atom. The lowest BCUT2D eigenvalue weighted by Gasteiger charge is -2.39.